The summed E-state index contributed by atoms with van der Waals surface area (Å²) >= 11 is 0. The summed E-state index contributed by atoms with van der Waals surface area (Å²) in [4.78, 5) is 27.0. The van der Waals surface area contributed by atoms with Crippen molar-refractivity contribution in [2.24, 2.45) is 5.41 Å². The van der Waals surface area contributed by atoms with E-state index >= 15 is 0 Å². The third-order valence-electron chi connectivity index (χ3n) is 6.50. The van der Waals surface area contributed by atoms with Gasteiger partial charge in [0, 0.05) is 56.7 Å². The van der Waals surface area contributed by atoms with Gasteiger partial charge in [-0.3, -0.25) is 0 Å². The topological polar surface area (TPSA) is 64.6 Å². The van der Waals surface area contributed by atoms with Crippen LogP contribution in [0.4, 0.5) is 23.9 Å². The third-order valence-corrected chi connectivity index (χ3v) is 6.50. The Morgan fingerprint density at radius 1 is 1.06 bits per heavy atom. The number of piperidine rings is 1. The number of nitrogens with zero attached hydrogens (tertiary/aromatic N) is 5. The number of anilines is 1. The minimum absolute atomic E-state index is 0.0730. The van der Waals surface area contributed by atoms with Gasteiger partial charge in [-0.2, -0.15) is 13.2 Å². The van der Waals surface area contributed by atoms with Gasteiger partial charge in [-0.25, -0.2) is 14.8 Å². The van der Waals surface area contributed by atoms with Crippen molar-refractivity contribution in [3.8, 4) is 0 Å². The third kappa shape index (κ3) is 6.94. The van der Waals surface area contributed by atoms with Gasteiger partial charge in [0.25, 0.3) is 0 Å². The molecule has 0 radical (unpaired) electrons. The van der Waals surface area contributed by atoms with Gasteiger partial charge in [0.05, 0.1) is 5.56 Å². The van der Waals surface area contributed by atoms with E-state index < -0.39 is 11.7 Å². The fourth-order valence-corrected chi connectivity index (χ4v) is 4.56. The molecule has 0 bridgehead atoms. The number of halogens is 3. The molecular weight excluding hydrogens is 433 g/mol. The molecule has 2 aliphatic heterocycles. The van der Waals surface area contributed by atoms with Crippen LogP contribution in [-0.4, -0.2) is 76.6 Å². The number of carbonyl (C=O) groups is 1. The summed E-state index contributed by atoms with van der Waals surface area (Å²) in [5, 5.41) is 3.21. The Labute approximate surface area is 194 Å². The van der Waals surface area contributed by atoms with Crippen molar-refractivity contribution >= 4 is 12.0 Å². The second kappa shape index (κ2) is 10.0. The average Bonchev–Trinajstić information content (AvgIpc) is 2.71. The molecule has 1 aromatic heterocycles. The van der Waals surface area contributed by atoms with E-state index in [1.165, 1.54) is 0 Å². The van der Waals surface area contributed by atoms with Gasteiger partial charge >= 0.3 is 12.2 Å². The number of urea groups is 1. The predicted molar refractivity (Wildman–Crippen MR) is 122 cm³/mol. The molecule has 7 nitrogen and oxygen atoms in total. The number of hydrogen-bond donors (Lipinski definition) is 1. The highest BCUT2D eigenvalue weighted by Gasteiger charge is 2.36. The molecule has 186 valence electrons. The summed E-state index contributed by atoms with van der Waals surface area (Å²) in [6, 6.07) is -0.145. The fraction of sp³-hybridized carbons (Fsp3) is 0.783. The Bertz CT molecular complexity index is 775. The molecule has 2 fully saturated rings. The van der Waals surface area contributed by atoms with Gasteiger partial charge in [0.15, 0.2) is 0 Å². The van der Waals surface area contributed by atoms with Crippen molar-refractivity contribution in [1.29, 1.82) is 0 Å². The quantitative estimate of drug-likeness (QED) is 0.721. The second-order valence-electron chi connectivity index (χ2n) is 10.7. The van der Waals surface area contributed by atoms with Crippen molar-refractivity contribution in [3.05, 3.63) is 18.0 Å². The molecule has 2 saturated heterocycles. The van der Waals surface area contributed by atoms with Crippen LogP contribution >= 0.6 is 0 Å². The van der Waals surface area contributed by atoms with Crippen LogP contribution in [0, 0.1) is 5.41 Å². The maximum absolute atomic E-state index is 13.1. The van der Waals surface area contributed by atoms with Crippen LogP contribution in [0.1, 0.15) is 59.4 Å². The number of likely N-dealkylation sites (tertiary alicyclic amines) is 1. The molecule has 2 amide bonds. The van der Waals surface area contributed by atoms with Crippen LogP contribution in [0.3, 0.4) is 0 Å². The number of alkyl halides is 3. The van der Waals surface area contributed by atoms with Crippen molar-refractivity contribution in [1.82, 2.24) is 25.1 Å². The molecule has 3 rings (SSSR count). The molecule has 0 unspecified atom stereocenters. The highest BCUT2D eigenvalue weighted by atomic mass is 19.4. The number of carbonyl (C=O) groups excluding carboxylic acids is 1. The summed E-state index contributed by atoms with van der Waals surface area (Å²) in [7, 11) is 0. The lowest BCUT2D eigenvalue weighted by Gasteiger charge is -2.45. The van der Waals surface area contributed by atoms with Crippen LogP contribution < -0.4 is 10.2 Å². The first-order valence-corrected chi connectivity index (χ1v) is 11.8. The molecule has 33 heavy (non-hydrogen) atoms. The normalized spacial score (nSPS) is 23.6. The SMILES string of the molecule is C[C@@H]1CN(c2ncc(C(F)(F)F)cn2)C[C@@H](C)N1C(=O)NC1CCN(CCC(C)(C)C)CC1. The zero-order valence-electron chi connectivity index (χ0n) is 20.3. The first-order chi connectivity index (χ1) is 15.3. The number of amides is 2. The van der Waals surface area contributed by atoms with Crippen LogP contribution in [0.2, 0.25) is 0 Å². The number of nitrogens with one attached hydrogen (secondary N) is 1. The maximum atomic E-state index is 13.1. The Morgan fingerprint density at radius 3 is 2.09 bits per heavy atom. The Morgan fingerprint density at radius 2 is 1.61 bits per heavy atom. The van der Waals surface area contributed by atoms with E-state index in [2.05, 4.69) is 41.0 Å². The largest absolute Gasteiger partial charge is 0.419 e. The smallest absolute Gasteiger partial charge is 0.337 e. The highest BCUT2D eigenvalue weighted by Crippen LogP contribution is 2.29. The molecule has 1 aromatic rings. The minimum Gasteiger partial charge on any atom is -0.337 e. The van der Waals surface area contributed by atoms with E-state index in [0.29, 0.717) is 18.5 Å². The lowest BCUT2D eigenvalue weighted by molar-refractivity contribution is -0.138. The van der Waals surface area contributed by atoms with Gasteiger partial charge in [0.1, 0.15) is 0 Å². The van der Waals surface area contributed by atoms with Crippen LogP contribution in [-0.2, 0) is 6.18 Å². The van der Waals surface area contributed by atoms with Gasteiger partial charge in [-0.05, 0) is 45.1 Å². The number of piperazine rings is 1. The Balaban J connectivity index is 1.50. The summed E-state index contributed by atoms with van der Waals surface area (Å²) in [5.41, 5.74) is -0.542. The van der Waals surface area contributed by atoms with Crippen LogP contribution in [0.25, 0.3) is 0 Å². The first kappa shape index (κ1) is 25.5. The molecule has 2 atom stereocenters. The van der Waals surface area contributed by atoms with E-state index in [-0.39, 0.29) is 30.1 Å². The van der Waals surface area contributed by atoms with E-state index in [1.807, 2.05) is 23.6 Å². The molecular formula is C23H37F3N6O. The maximum Gasteiger partial charge on any atom is 0.419 e. The average molecular weight is 471 g/mol. The molecule has 3 heterocycles. The summed E-state index contributed by atoms with van der Waals surface area (Å²) in [5.74, 6) is 0.254. The highest BCUT2D eigenvalue weighted by molar-refractivity contribution is 5.75. The first-order valence-electron chi connectivity index (χ1n) is 11.8. The number of rotatable bonds is 4. The molecule has 0 saturated carbocycles. The zero-order valence-corrected chi connectivity index (χ0v) is 20.3. The minimum atomic E-state index is -4.46. The Hall–Kier alpha value is -2.10. The zero-order chi connectivity index (χ0) is 24.4. The van der Waals surface area contributed by atoms with Crippen molar-refractivity contribution in [2.45, 2.75) is 78.2 Å². The molecule has 2 aliphatic rings. The van der Waals surface area contributed by atoms with E-state index in [1.54, 1.807) is 0 Å². The molecule has 0 aromatic carbocycles. The lowest BCUT2D eigenvalue weighted by Crippen LogP contribution is -2.62. The van der Waals surface area contributed by atoms with Gasteiger partial charge in [-0.15, -0.1) is 0 Å². The van der Waals surface area contributed by atoms with E-state index in [0.717, 1.165) is 51.3 Å². The summed E-state index contributed by atoms with van der Waals surface area (Å²) in [6.45, 7) is 14.7. The predicted octanol–water partition coefficient (Wildman–Crippen LogP) is 4.00. The molecule has 0 spiro atoms. The molecule has 10 heteroatoms. The van der Waals surface area contributed by atoms with Gasteiger partial charge in [-0.1, -0.05) is 20.8 Å². The number of aromatic nitrogens is 2. The summed E-state index contributed by atoms with van der Waals surface area (Å²) in [6.07, 6.45) is 0.204. The monoisotopic (exact) mass is 470 g/mol. The van der Waals surface area contributed by atoms with Crippen molar-refractivity contribution < 1.29 is 18.0 Å². The standard InChI is InChI=1S/C23H37F3N6O/c1-16-14-31(20-27-12-18(13-28-20)23(24,25)26)15-17(2)32(16)21(33)29-19-6-9-30(10-7-19)11-8-22(3,4)5/h12-13,16-17,19H,6-11,14-15H2,1-5H3,(H,29,33)/t16-,17-/m1/s1. The van der Waals surface area contributed by atoms with Gasteiger partial charge in [0.2, 0.25) is 5.95 Å². The molecule has 1 N–H and O–H groups in total. The van der Waals surface area contributed by atoms with Crippen molar-refractivity contribution in [3.63, 3.8) is 0 Å². The van der Waals surface area contributed by atoms with E-state index in [4.69, 9.17) is 0 Å². The Kier molecular flexibility index (Phi) is 7.76. The fourth-order valence-electron chi connectivity index (χ4n) is 4.56. The lowest BCUT2D eigenvalue weighted by atomic mass is 9.91. The summed E-state index contributed by atoms with van der Waals surface area (Å²) < 4.78 is 38.3. The number of hydrogen-bond acceptors (Lipinski definition) is 5. The molecule has 0 aliphatic carbocycles. The van der Waals surface area contributed by atoms with Gasteiger partial charge < -0.3 is 20.0 Å². The second-order valence-corrected chi connectivity index (χ2v) is 10.7. The van der Waals surface area contributed by atoms with Crippen molar-refractivity contribution in [2.75, 3.05) is 37.6 Å². The van der Waals surface area contributed by atoms with Crippen LogP contribution in [0.5, 0.6) is 0 Å². The van der Waals surface area contributed by atoms with E-state index in [9.17, 15) is 18.0 Å². The van der Waals surface area contributed by atoms with Crippen LogP contribution in [0.15, 0.2) is 12.4 Å².